The van der Waals surface area contributed by atoms with Crippen LogP contribution >= 0.6 is 0 Å². The van der Waals surface area contributed by atoms with Crippen LogP contribution in [0.15, 0.2) is 73.1 Å². The molecule has 0 bridgehead atoms. The molecule has 2 aromatic carbocycles. The third-order valence-electron chi connectivity index (χ3n) is 4.24. The third-order valence-corrected chi connectivity index (χ3v) is 4.24. The molecule has 0 spiro atoms. The van der Waals surface area contributed by atoms with Crippen LogP contribution in [0.3, 0.4) is 0 Å². The molecule has 0 saturated carbocycles. The Hall–Kier alpha value is -3.14. The maximum atomic E-state index is 12.6. The molecule has 0 aliphatic heterocycles. The summed E-state index contributed by atoms with van der Waals surface area (Å²) in [7, 11) is 0. The van der Waals surface area contributed by atoms with Gasteiger partial charge in [0.15, 0.2) is 0 Å². The van der Waals surface area contributed by atoms with Gasteiger partial charge in [0.25, 0.3) is 5.91 Å². The summed E-state index contributed by atoms with van der Waals surface area (Å²) in [5, 5.41) is 3.05. The molecule has 1 heterocycles. The molecule has 0 saturated heterocycles. The maximum absolute atomic E-state index is 12.6. The number of nitrogens with one attached hydrogen (secondary N) is 1. The molecule has 1 amide bonds. The second kappa shape index (κ2) is 8.49. The Kier molecular flexibility index (Phi) is 5.87. The van der Waals surface area contributed by atoms with Gasteiger partial charge in [-0.05, 0) is 73.9 Å². The van der Waals surface area contributed by atoms with E-state index < -0.39 is 0 Å². The van der Waals surface area contributed by atoms with E-state index in [1.807, 2.05) is 81.4 Å². The molecule has 4 heteroatoms. The fraction of sp³-hybridized carbons (Fsp3) is 0.217. The van der Waals surface area contributed by atoms with Gasteiger partial charge in [-0.1, -0.05) is 24.3 Å². The fourth-order valence-corrected chi connectivity index (χ4v) is 2.85. The van der Waals surface area contributed by atoms with E-state index in [9.17, 15) is 4.79 Å². The van der Waals surface area contributed by atoms with Crippen LogP contribution in [0.25, 0.3) is 11.1 Å². The smallest absolute Gasteiger partial charge is 0.251 e. The van der Waals surface area contributed by atoms with Gasteiger partial charge in [-0.25, -0.2) is 0 Å². The van der Waals surface area contributed by atoms with Gasteiger partial charge in [-0.15, -0.1) is 0 Å². The predicted octanol–water partition coefficient (Wildman–Crippen LogP) is 5.03. The van der Waals surface area contributed by atoms with E-state index in [-0.39, 0.29) is 18.1 Å². The number of ether oxygens (including phenoxy) is 1. The highest BCUT2D eigenvalue weighted by Gasteiger charge is 2.12. The minimum absolute atomic E-state index is 0.0982. The van der Waals surface area contributed by atoms with Crippen LogP contribution in [0, 0.1) is 0 Å². The highest BCUT2D eigenvalue weighted by atomic mass is 16.5. The molecule has 1 atom stereocenters. The van der Waals surface area contributed by atoms with Crippen LogP contribution < -0.4 is 10.1 Å². The zero-order chi connectivity index (χ0) is 19.2. The lowest BCUT2D eigenvalue weighted by Crippen LogP contribution is -2.26. The van der Waals surface area contributed by atoms with Crippen molar-refractivity contribution in [1.82, 2.24) is 10.3 Å². The van der Waals surface area contributed by atoms with Crippen LogP contribution in [0.4, 0.5) is 0 Å². The lowest BCUT2D eigenvalue weighted by atomic mass is 10.0. The van der Waals surface area contributed by atoms with Crippen molar-refractivity contribution in [3.63, 3.8) is 0 Å². The van der Waals surface area contributed by atoms with Crippen molar-refractivity contribution in [2.24, 2.45) is 0 Å². The number of nitrogens with zero attached hydrogens (tertiary/aromatic N) is 1. The van der Waals surface area contributed by atoms with E-state index in [1.165, 1.54) is 0 Å². The average molecular weight is 360 g/mol. The quantitative estimate of drug-likeness (QED) is 0.671. The van der Waals surface area contributed by atoms with E-state index >= 15 is 0 Å². The van der Waals surface area contributed by atoms with E-state index in [4.69, 9.17) is 4.74 Å². The molecule has 3 aromatic rings. The highest BCUT2D eigenvalue weighted by Crippen LogP contribution is 2.22. The van der Waals surface area contributed by atoms with Crippen LogP contribution in [-0.2, 0) is 0 Å². The molecule has 3 rings (SSSR count). The van der Waals surface area contributed by atoms with Gasteiger partial charge in [-0.2, -0.15) is 0 Å². The van der Waals surface area contributed by atoms with E-state index in [1.54, 1.807) is 12.4 Å². The number of hydrogen-bond acceptors (Lipinski definition) is 3. The minimum atomic E-state index is -0.118. The van der Waals surface area contributed by atoms with Crippen molar-refractivity contribution >= 4 is 5.91 Å². The topological polar surface area (TPSA) is 51.2 Å². The number of pyridine rings is 1. The first-order valence-electron chi connectivity index (χ1n) is 9.11. The summed E-state index contributed by atoms with van der Waals surface area (Å²) in [6, 6.07) is 19.2. The molecule has 27 heavy (non-hydrogen) atoms. The summed E-state index contributed by atoms with van der Waals surface area (Å²) in [4.78, 5) is 16.6. The first-order chi connectivity index (χ1) is 13.0. The van der Waals surface area contributed by atoms with Crippen molar-refractivity contribution < 1.29 is 9.53 Å². The Morgan fingerprint density at radius 2 is 1.59 bits per heavy atom. The Morgan fingerprint density at radius 1 is 0.926 bits per heavy atom. The van der Waals surface area contributed by atoms with Crippen LogP contribution in [0.5, 0.6) is 5.75 Å². The number of aromatic nitrogens is 1. The van der Waals surface area contributed by atoms with Gasteiger partial charge >= 0.3 is 0 Å². The third kappa shape index (κ3) is 4.94. The lowest BCUT2D eigenvalue weighted by molar-refractivity contribution is 0.0939. The second-order valence-electron chi connectivity index (χ2n) is 6.75. The normalized spacial score (nSPS) is 11.9. The molecule has 138 valence electrons. The SMILES string of the molecule is CC(C)Oc1cccc(C(C)NC(=O)c2ccc(-c3ccncc3)cc2)c1. The number of carbonyl (C=O) groups is 1. The monoisotopic (exact) mass is 360 g/mol. The summed E-state index contributed by atoms with van der Waals surface area (Å²) in [6.07, 6.45) is 3.63. The largest absolute Gasteiger partial charge is 0.491 e. The first-order valence-corrected chi connectivity index (χ1v) is 9.11. The Bertz CT molecular complexity index is 890. The summed E-state index contributed by atoms with van der Waals surface area (Å²) in [5.41, 5.74) is 3.77. The standard InChI is InChI=1S/C23H24N2O2/c1-16(2)27-22-6-4-5-21(15-22)17(3)25-23(26)20-9-7-18(8-10-20)19-11-13-24-14-12-19/h4-17H,1-3H3,(H,25,26). The summed E-state index contributed by atoms with van der Waals surface area (Å²) in [6.45, 7) is 5.96. The van der Waals surface area contributed by atoms with Crippen molar-refractivity contribution in [3.05, 3.63) is 84.2 Å². The highest BCUT2D eigenvalue weighted by molar-refractivity contribution is 5.94. The van der Waals surface area contributed by atoms with Crippen molar-refractivity contribution in [2.75, 3.05) is 0 Å². The molecular formula is C23H24N2O2. The van der Waals surface area contributed by atoms with Crippen LogP contribution in [0.2, 0.25) is 0 Å². The molecule has 0 aliphatic carbocycles. The Balaban J connectivity index is 1.68. The molecular weight excluding hydrogens is 336 g/mol. The van der Waals surface area contributed by atoms with Crippen molar-refractivity contribution in [3.8, 4) is 16.9 Å². The van der Waals surface area contributed by atoms with E-state index in [2.05, 4.69) is 10.3 Å². The number of hydrogen-bond donors (Lipinski definition) is 1. The first kappa shape index (κ1) is 18.6. The van der Waals surface area contributed by atoms with Gasteiger partial charge < -0.3 is 10.1 Å². The van der Waals surface area contributed by atoms with Gasteiger partial charge in [0, 0.05) is 18.0 Å². The van der Waals surface area contributed by atoms with Gasteiger partial charge in [0.2, 0.25) is 0 Å². The zero-order valence-corrected chi connectivity index (χ0v) is 15.8. The molecule has 0 radical (unpaired) electrons. The fourth-order valence-electron chi connectivity index (χ4n) is 2.85. The Morgan fingerprint density at radius 3 is 2.26 bits per heavy atom. The Labute approximate surface area is 160 Å². The molecule has 0 fully saturated rings. The number of benzene rings is 2. The van der Waals surface area contributed by atoms with Gasteiger partial charge in [0.05, 0.1) is 12.1 Å². The average Bonchev–Trinajstić information content (AvgIpc) is 2.68. The summed E-state index contributed by atoms with van der Waals surface area (Å²) in [5.74, 6) is 0.712. The van der Waals surface area contributed by atoms with E-state index in [0.29, 0.717) is 5.56 Å². The van der Waals surface area contributed by atoms with Crippen molar-refractivity contribution in [1.29, 1.82) is 0 Å². The zero-order valence-electron chi connectivity index (χ0n) is 15.8. The molecule has 0 aliphatic rings. The van der Waals surface area contributed by atoms with Gasteiger partial charge in [0.1, 0.15) is 5.75 Å². The second-order valence-corrected chi connectivity index (χ2v) is 6.75. The summed E-state index contributed by atoms with van der Waals surface area (Å²) >= 11 is 0. The van der Waals surface area contributed by atoms with Crippen LogP contribution in [0.1, 0.15) is 42.7 Å². The molecule has 1 aromatic heterocycles. The van der Waals surface area contributed by atoms with E-state index in [0.717, 1.165) is 22.4 Å². The van der Waals surface area contributed by atoms with Gasteiger partial charge in [-0.3, -0.25) is 9.78 Å². The lowest BCUT2D eigenvalue weighted by Gasteiger charge is -2.17. The molecule has 1 unspecified atom stereocenters. The van der Waals surface area contributed by atoms with Crippen molar-refractivity contribution in [2.45, 2.75) is 32.9 Å². The molecule has 1 N–H and O–H groups in total. The molecule has 4 nitrogen and oxygen atoms in total. The summed E-state index contributed by atoms with van der Waals surface area (Å²) < 4.78 is 5.73. The predicted molar refractivity (Wildman–Crippen MR) is 108 cm³/mol. The number of amides is 1. The minimum Gasteiger partial charge on any atom is -0.491 e. The number of carbonyl (C=O) groups excluding carboxylic acids is 1. The van der Waals surface area contributed by atoms with Crippen LogP contribution in [-0.4, -0.2) is 17.0 Å². The maximum Gasteiger partial charge on any atom is 0.251 e. The number of rotatable bonds is 6.